The lowest BCUT2D eigenvalue weighted by atomic mass is 10.0. The second kappa shape index (κ2) is 14.0. The van der Waals surface area contributed by atoms with Gasteiger partial charge in [-0.1, -0.05) is 20.8 Å². The van der Waals surface area contributed by atoms with E-state index in [-0.39, 0.29) is 24.0 Å². The smallest absolute Gasteiger partial charge is 0.191 e. The van der Waals surface area contributed by atoms with E-state index in [2.05, 4.69) is 48.1 Å². The maximum atomic E-state index is 5.53. The van der Waals surface area contributed by atoms with E-state index >= 15 is 0 Å². The monoisotopic (exact) mass is 495 g/mol. The Balaban J connectivity index is 0.00000364. The first-order valence-corrected chi connectivity index (χ1v) is 10.7. The Bertz CT molecular complexity index is 415. The highest BCUT2D eigenvalue weighted by atomic mass is 127. The second-order valence-electron chi connectivity index (χ2n) is 8.08. The maximum absolute atomic E-state index is 5.53. The van der Waals surface area contributed by atoms with Crippen LogP contribution in [0.1, 0.15) is 40.5 Å². The van der Waals surface area contributed by atoms with Gasteiger partial charge in [0.15, 0.2) is 5.96 Å². The first-order chi connectivity index (χ1) is 12.6. The molecule has 0 aromatic carbocycles. The molecule has 0 bridgehead atoms. The van der Waals surface area contributed by atoms with Crippen LogP contribution in [0.3, 0.4) is 0 Å². The van der Waals surface area contributed by atoms with Crippen LogP contribution in [0.4, 0.5) is 0 Å². The summed E-state index contributed by atoms with van der Waals surface area (Å²) in [5.74, 6) is 2.40. The average molecular weight is 495 g/mol. The summed E-state index contributed by atoms with van der Waals surface area (Å²) in [6.07, 6.45) is 2.49. The van der Waals surface area contributed by atoms with Crippen molar-refractivity contribution < 1.29 is 4.74 Å². The Kier molecular flexibility index (Phi) is 12.9. The van der Waals surface area contributed by atoms with Crippen molar-refractivity contribution in [1.29, 1.82) is 0 Å². The van der Waals surface area contributed by atoms with Crippen molar-refractivity contribution in [3.8, 4) is 0 Å². The highest BCUT2D eigenvalue weighted by Gasteiger charge is 2.23. The van der Waals surface area contributed by atoms with E-state index in [0.717, 1.165) is 57.8 Å². The third-order valence-corrected chi connectivity index (χ3v) is 5.49. The summed E-state index contributed by atoms with van der Waals surface area (Å²) in [6.45, 7) is 19.2. The largest absolute Gasteiger partial charge is 0.379 e. The van der Waals surface area contributed by atoms with E-state index < -0.39 is 0 Å². The second-order valence-corrected chi connectivity index (χ2v) is 8.08. The molecular weight excluding hydrogens is 453 g/mol. The molecule has 2 aliphatic heterocycles. The highest BCUT2D eigenvalue weighted by Crippen LogP contribution is 2.15. The number of hydrogen-bond donors (Lipinski definition) is 2. The lowest BCUT2D eigenvalue weighted by Crippen LogP contribution is -2.46. The molecule has 2 heterocycles. The zero-order valence-corrected chi connectivity index (χ0v) is 20.2. The van der Waals surface area contributed by atoms with Gasteiger partial charge in [-0.25, -0.2) is 0 Å². The number of halogens is 1. The van der Waals surface area contributed by atoms with E-state index in [1.807, 2.05) is 0 Å². The van der Waals surface area contributed by atoms with Gasteiger partial charge in [-0.15, -0.1) is 24.0 Å². The third-order valence-electron chi connectivity index (χ3n) is 5.49. The number of nitrogens with zero attached hydrogens (tertiary/aromatic N) is 3. The standard InChI is InChI=1S/C20H41N5O.HI/c1-5-21-20(22-14-18-7-8-24(6-2)16-18)23-15-19(13-17(3)4)25-9-11-26-12-10-25;/h17-19H,5-16H2,1-4H3,(H2,21,22,23);1H. The van der Waals surface area contributed by atoms with Gasteiger partial charge in [0.1, 0.15) is 0 Å². The van der Waals surface area contributed by atoms with Crippen molar-refractivity contribution in [2.75, 3.05) is 65.6 Å². The molecule has 2 saturated heterocycles. The molecule has 2 fully saturated rings. The van der Waals surface area contributed by atoms with Crippen molar-refractivity contribution in [3.05, 3.63) is 0 Å². The van der Waals surface area contributed by atoms with Crippen LogP contribution in [0.25, 0.3) is 0 Å². The number of ether oxygens (including phenoxy) is 1. The molecule has 2 N–H and O–H groups in total. The number of nitrogens with one attached hydrogen (secondary N) is 2. The summed E-state index contributed by atoms with van der Waals surface area (Å²) in [6, 6.07) is 0.511. The first-order valence-electron chi connectivity index (χ1n) is 10.7. The molecule has 6 nitrogen and oxygen atoms in total. The van der Waals surface area contributed by atoms with Gasteiger partial charge >= 0.3 is 0 Å². The number of hydrogen-bond acceptors (Lipinski definition) is 4. The molecule has 2 rings (SSSR count). The Morgan fingerprint density at radius 1 is 1.15 bits per heavy atom. The van der Waals surface area contributed by atoms with Gasteiger partial charge < -0.3 is 20.3 Å². The molecule has 0 amide bonds. The molecule has 7 heteroatoms. The summed E-state index contributed by atoms with van der Waals surface area (Å²) < 4.78 is 5.53. The predicted molar refractivity (Wildman–Crippen MR) is 125 cm³/mol. The van der Waals surface area contributed by atoms with Crippen molar-refractivity contribution >= 4 is 29.9 Å². The Hall–Kier alpha value is -0.120. The van der Waals surface area contributed by atoms with Gasteiger partial charge in [0.25, 0.3) is 0 Å². The maximum Gasteiger partial charge on any atom is 0.191 e. The van der Waals surface area contributed by atoms with Crippen LogP contribution in [0.2, 0.25) is 0 Å². The molecule has 160 valence electrons. The lowest BCUT2D eigenvalue weighted by molar-refractivity contribution is 0.0143. The zero-order valence-electron chi connectivity index (χ0n) is 17.9. The van der Waals surface area contributed by atoms with Crippen LogP contribution in [-0.2, 0) is 4.74 Å². The molecule has 0 aromatic heterocycles. The summed E-state index contributed by atoms with van der Waals surface area (Å²) in [5, 5.41) is 7.01. The SMILES string of the molecule is CCNC(=NCC(CC(C)C)N1CCOCC1)NCC1CCN(CC)C1.I. The summed E-state index contributed by atoms with van der Waals surface area (Å²) >= 11 is 0. The Labute approximate surface area is 183 Å². The van der Waals surface area contributed by atoms with Gasteiger partial charge in [0.05, 0.1) is 19.8 Å². The summed E-state index contributed by atoms with van der Waals surface area (Å²) in [7, 11) is 0. The van der Waals surface area contributed by atoms with Crippen LogP contribution in [0.5, 0.6) is 0 Å². The molecule has 2 unspecified atom stereocenters. The van der Waals surface area contributed by atoms with Gasteiger partial charge in [0.2, 0.25) is 0 Å². The van der Waals surface area contributed by atoms with Gasteiger partial charge in [-0.05, 0) is 44.7 Å². The zero-order chi connectivity index (χ0) is 18.8. The van der Waals surface area contributed by atoms with Crippen molar-refractivity contribution in [2.45, 2.75) is 46.6 Å². The van der Waals surface area contributed by atoms with Crippen LogP contribution in [0, 0.1) is 11.8 Å². The number of aliphatic imine (C=N–C) groups is 1. The fraction of sp³-hybridized carbons (Fsp3) is 0.950. The quantitative estimate of drug-likeness (QED) is 0.292. The minimum Gasteiger partial charge on any atom is -0.379 e. The number of rotatable bonds is 9. The molecule has 27 heavy (non-hydrogen) atoms. The van der Waals surface area contributed by atoms with E-state index in [0.29, 0.717) is 12.0 Å². The summed E-state index contributed by atoms with van der Waals surface area (Å²) in [4.78, 5) is 10.0. The number of likely N-dealkylation sites (tertiary alicyclic amines) is 1. The molecule has 2 atom stereocenters. The van der Waals surface area contributed by atoms with Crippen molar-refractivity contribution in [1.82, 2.24) is 20.4 Å². The van der Waals surface area contributed by atoms with Crippen LogP contribution < -0.4 is 10.6 Å². The topological polar surface area (TPSA) is 52.1 Å². The lowest BCUT2D eigenvalue weighted by Gasteiger charge is -2.34. The molecule has 0 saturated carbocycles. The van der Waals surface area contributed by atoms with Gasteiger partial charge in [-0.2, -0.15) is 0 Å². The van der Waals surface area contributed by atoms with Crippen LogP contribution in [-0.4, -0.2) is 87.4 Å². The molecular formula is C20H42IN5O. The van der Waals surface area contributed by atoms with Crippen molar-refractivity contribution in [2.24, 2.45) is 16.8 Å². The molecule has 2 aliphatic rings. The number of guanidine groups is 1. The van der Waals surface area contributed by atoms with Gasteiger partial charge in [-0.3, -0.25) is 9.89 Å². The van der Waals surface area contributed by atoms with E-state index in [9.17, 15) is 0 Å². The Morgan fingerprint density at radius 2 is 1.89 bits per heavy atom. The molecule has 0 aromatic rings. The minimum absolute atomic E-state index is 0. The minimum atomic E-state index is 0. The van der Waals surface area contributed by atoms with Crippen LogP contribution >= 0.6 is 24.0 Å². The van der Waals surface area contributed by atoms with Crippen molar-refractivity contribution in [3.63, 3.8) is 0 Å². The highest BCUT2D eigenvalue weighted by molar-refractivity contribution is 14.0. The average Bonchev–Trinajstić information content (AvgIpc) is 3.11. The fourth-order valence-electron chi connectivity index (χ4n) is 3.97. The molecule has 0 radical (unpaired) electrons. The first kappa shape index (κ1) is 24.9. The molecule has 0 aliphatic carbocycles. The van der Waals surface area contributed by atoms with Gasteiger partial charge in [0, 0.05) is 38.8 Å². The number of morpholine rings is 1. The van der Waals surface area contributed by atoms with E-state index in [1.54, 1.807) is 0 Å². The Morgan fingerprint density at radius 3 is 2.48 bits per heavy atom. The van der Waals surface area contributed by atoms with Crippen LogP contribution in [0.15, 0.2) is 4.99 Å². The molecule has 0 spiro atoms. The van der Waals surface area contributed by atoms with E-state index in [4.69, 9.17) is 9.73 Å². The predicted octanol–water partition coefficient (Wildman–Crippen LogP) is 2.25. The summed E-state index contributed by atoms with van der Waals surface area (Å²) in [5.41, 5.74) is 0. The third kappa shape index (κ3) is 9.28. The normalized spacial score (nSPS) is 23.3. The van der Waals surface area contributed by atoms with E-state index in [1.165, 1.54) is 32.5 Å². The fourth-order valence-corrected chi connectivity index (χ4v) is 3.97.